The van der Waals surface area contributed by atoms with Gasteiger partial charge < -0.3 is 24.4 Å². The number of esters is 1. The lowest BCUT2D eigenvalue weighted by atomic mass is 10.1. The molecule has 2 aliphatic heterocycles. The molecule has 0 radical (unpaired) electrons. The molecule has 9 nitrogen and oxygen atoms in total. The average Bonchev–Trinajstić information content (AvgIpc) is 3.04. The Balaban J connectivity index is 1.74. The van der Waals surface area contributed by atoms with Crippen molar-refractivity contribution in [3.05, 3.63) is 16.0 Å². The Morgan fingerprint density at radius 3 is 2.33 bits per heavy atom. The van der Waals surface area contributed by atoms with Gasteiger partial charge in [0.05, 0.1) is 51.6 Å². The van der Waals surface area contributed by atoms with Crippen molar-refractivity contribution in [3.63, 3.8) is 0 Å². The Labute approximate surface area is 180 Å². The molecule has 30 heavy (non-hydrogen) atoms. The number of nitrogens with zero attached hydrogens (tertiary/aromatic N) is 2. The zero-order valence-corrected chi connectivity index (χ0v) is 18.3. The molecule has 3 heterocycles. The molecule has 0 unspecified atom stereocenters. The predicted molar refractivity (Wildman–Crippen MR) is 112 cm³/mol. The molecule has 3 rings (SSSR count). The maximum Gasteiger partial charge on any atom is 0.341 e. The summed E-state index contributed by atoms with van der Waals surface area (Å²) in [5, 5.41) is 3.30. The zero-order valence-electron chi connectivity index (χ0n) is 17.5. The van der Waals surface area contributed by atoms with E-state index in [0.717, 1.165) is 4.88 Å². The van der Waals surface area contributed by atoms with Crippen molar-refractivity contribution in [2.24, 2.45) is 0 Å². The number of rotatable bonds is 7. The van der Waals surface area contributed by atoms with Gasteiger partial charge in [0.15, 0.2) is 0 Å². The fourth-order valence-corrected chi connectivity index (χ4v) is 4.66. The molecule has 166 valence electrons. The number of thiophene rings is 1. The van der Waals surface area contributed by atoms with Crippen molar-refractivity contribution in [1.29, 1.82) is 0 Å². The van der Waals surface area contributed by atoms with Crippen molar-refractivity contribution in [3.8, 4) is 0 Å². The molecular weight excluding hydrogens is 410 g/mol. The van der Waals surface area contributed by atoms with Crippen LogP contribution in [0, 0.1) is 6.92 Å². The van der Waals surface area contributed by atoms with E-state index in [1.807, 2.05) is 4.90 Å². The monoisotopic (exact) mass is 439 g/mol. The number of amides is 2. The Kier molecular flexibility index (Phi) is 8.20. The molecule has 2 fully saturated rings. The first-order valence-corrected chi connectivity index (χ1v) is 11.1. The van der Waals surface area contributed by atoms with Gasteiger partial charge in [-0.2, -0.15) is 0 Å². The summed E-state index contributed by atoms with van der Waals surface area (Å²) >= 11 is 1.27. The van der Waals surface area contributed by atoms with Crippen LogP contribution < -0.4 is 5.32 Å². The zero-order chi connectivity index (χ0) is 21.5. The molecule has 2 saturated heterocycles. The normalized spacial score (nSPS) is 17.6. The summed E-state index contributed by atoms with van der Waals surface area (Å²) in [4.78, 5) is 42.3. The van der Waals surface area contributed by atoms with E-state index in [4.69, 9.17) is 14.2 Å². The number of hydrogen-bond acceptors (Lipinski definition) is 8. The van der Waals surface area contributed by atoms with Gasteiger partial charge in [-0.05, 0) is 19.4 Å². The maximum absolute atomic E-state index is 12.7. The van der Waals surface area contributed by atoms with Gasteiger partial charge in [-0.3, -0.25) is 14.5 Å². The van der Waals surface area contributed by atoms with E-state index in [0.29, 0.717) is 68.7 Å². The molecule has 0 aliphatic carbocycles. The lowest BCUT2D eigenvalue weighted by Gasteiger charge is -2.26. The number of nitrogens with one attached hydrogen (secondary N) is 1. The van der Waals surface area contributed by atoms with Crippen LogP contribution in [0.1, 0.15) is 27.7 Å². The minimum absolute atomic E-state index is 0.00995. The molecule has 0 spiro atoms. The number of morpholine rings is 2. The topological polar surface area (TPSA) is 97.4 Å². The highest BCUT2D eigenvalue weighted by Crippen LogP contribution is 2.34. The number of carbonyl (C=O) groups excluding carboxylic acids is 3. The Morgan fingerprint density at radius 1 is 1.07 bits per heavy atom. The van der Waals surface area contributed by atoms with E-state index >= 15 is 0 Å². The number of carbonyl (C=O) groups is 3. The fraction of sp³-hybridized carbons (Fsp3) is 0.650. The summed E-state index contributed by atoms with van der Waals surface area (Å²) in [6.45, 7) is 8.79. The molecule has 0 atom stereocenters. The van der Waals surface area contributed by atoms with Crippen molar-refractivity contribution in [2.45, 2.75) is 20.3 Å². The summed E-state index contributed by atoms with van der Waals surface area (Å²) in [6.07, 6.45) is 0.183. The number of ether oxygens (including phenoxy) is 3. The van der Waals surface area contributed by atoms with Gasteiger partial charge in [0.25, 0.3) is 0 Å². The molecule has 0 aromatic carbocycles. The SMILES string of the molecule is CCOC(=O)c1c(NC(=O)CN2CCOCC2)sc(CC(=O)N2CCOCC2)c1C. The third-order valence-electron chi connectivity index (χ3n) is 5.12. The van der Waals surface area contributed by atoms with Crippen LogP contribution in [0.2, 0.25) is 0 Å². The van der Waals surface area contributed by atoms with Crippen molar-refractivity contribution in [1.82, 2.24) is 9.80 Å². The van der Waals surface area contributed by atoms with Crippen LogP contribution in [0.15, 0.2) is 0 Å². The Morgan fingerprint density at radius 2 is 1.70 bits per heavy atom. The maximum atomic E-state index is 12.7. The Bertz CT molecular complexity index is 769. The van der Waals surface area contributed by atoms with Gasteiger partial charge in [0, 0.05) is 31.1 Å². The second kappa shape index (κ2) is 10.9. The van der Waals surface area contributed by atoms with Gasteiger partial charge in [0.1, 0.15) is 5.00 Å². The van der Waals surface area contributed by atoms with Crippen LogP contribution >= 0.6 is 11.3 Å². The Hall–Kier alpha value is -2.01. The van der Waals surface area contributed by atoms with Gasteiger partial charge in [0.2, 0.25) is 11.8 Å². The van der Waals surface area contributed by atoms with E-state index < -0.39 is 5.97 Å². The van der Waals surface area contributed by atoms with E-state index in [-0.39, 0.29) is 31.4 Å². The van der Waals surface area contributed by atoms with Crippen molar-refractivity contribution < 1.29 is 28.6 Å². The van der Waals surface area contributed by atoms with Crippen molar-refractivity contribution in [2.75, 3.05) is 71.1 Å². The van der Waals surface area contributed by atoms with E-state index in [2.05, 4.69) is 5.32 Å². The largest absolute Gasteiger partial charge is 0.462 e. The van der Waals surface area contributed by atoms with Crippen molar-refractivity contribution >= 4 is 34.1 Å². The highest BCUT2D eigenvalue weighted by molar-refractivity contribution is 7.17. The number of anilines is 1. The molecule has 1 N–H and O–H groups in total. The summed E-state index contributed by atoms with van der Waals surface area (Å²) in [5.74, 6) is -0.697. The number of hydrogen-bond donors (Lipinski definition) is 1. The molecule has 1 aromatic heterocycles. The van der Waals surface area contributed by atoms with Crippen LogP contribution in [-0.4, -0.2) is 93.3 Å². The van der Waals surface area contributed by atoms with Crippen LogP contribution in [0.5, 0.6) is 0 Å². The van der Waals surface area contributed by atoms with Crippen LogP contribution in [0.3, 0.4) is 0 Å². The summed E-state index contributed by atoms with van der Waals surface area (Å²) in [5.41, 5.74) is 1.02. The molecule has 10 heteroatoms. The minimum atomic E-state index is -0.488. The first-order chi connectivity index (χ1) is 14.5. The second-order valence-electron chi connectivity index (χ2n) is 7.18. The summed E-state index contributed by atoms with van der Waals surface area (Å²) in [7, 11) is 0. The molecule has 2 amide bonds. The molecule has 1 aromatic rings. The average molecular weight is 440 g/mol. The third kappa shape index (κ3) is 5.78. The van der Waals surface area contributed by atoms with Gasteiger partial charge in [-0.15, -0.1) is 11.3 Å². The van der Waals surface area contributed by atoms with Gasteiger partial charge in [-0.25, -0.2) is 4.79 Å². The van der Waals surface area contributed by atoms with E-state index in [9.17, 15) is 14.4 Å². The summed E-state index contributed by atoms with van der Waals surface area (Å²) in [6, 6.07) is 0. The fourth-order valence-electron chi connectivity index (χ4n) is 3.46. The third-order valence-corrected chi connectivity index (χ3v) is 6.33. The van der Waals surface area contributed by atoms with Gasteiger partial charge >= 0.3 is 5.97 Å². The molecule has 0 bridgehead atoms. The molecule has 2 aliphatic rings. The second-order valence-corrected chi connectivity index (χ2v) is 8.29. The van der Waals surface area contributed by atoms with E-state index in [1.165, 1.54) is 11.3 Å². The highest BCUT2D eigenvalue weighted by atomic mass is 32.1. The van der Waals surface area contributed by atoms with Crippen LogP contribution in [0.25, 0.3) is 0 Å². The van der Waals surface area contributed by atoms with Gasteiger partial charge in [-0.1, -0.05) is 0 Å². The van der Waals surface area contributed by atoms with Crippen LogP contribution in [0.4, 0.5) is 5.00 Å². The first-order valence-electron chi connectivity index (χ1n) is 10.2. The quantitative estimate of drug-likeness (QED) is 0.631. The molecular formula is C20H29N3O6S. The predicted octanol–water partition coefficient (Wildman–Crippen LogP) is 0.905. The lowest BCUT2D eigenvalue weighted by molar-refractivity contribution is -0.134. The molecule has 0 saturated carbocycles. The first kappa shape index (κ1) is 22.7. The minimum Gasteiger partial charge on any atom is -0.462 e. The lowest BCUT2D eigenvalue weighted by Crippen LogP contribution is -2.41. The van der Waals surface area contributed by atoms with E-state index in [1.54, 1.807) is 18.7 Å². The standard InChI is InChI=1S/C20H29N3O6S/c1-3-29-20(26)18-14(2)15(12-17(25)23-6-10-28-11-7-23)30-19(18)21-16(24)13-22-4-8-27-9-5-22/h3-13H2,1-2H3,(H,21,24). The van der Waals surface area contributed by atoms with Crippen LogP contribution in [-0.2, 0) is 30.2 Å². The highest BCUT2D eigenvalue weighted by Gasteiger charge is 2.27. The smallest absolute Gasteiger partial charge is 0.341 e. The summed E-state index contributed by atoms with van der Waals surface area (Å²) < 4.78 is 15.8.